The van der Waals surface area contributed by atoms with Gasteiger partial charge in [0.05, 0.1) is 5.69 Å². The Balaban J connectivity index is 2.61. The number of hydrogen-bond acceptors (Lipinski definition) is 2. The summed E-state index contributed by atoms with van der Waals surface area (Å²) in [5.74, 6) is 0. The van der Waals surface area contributed by atoms with E-state index in [2.05, 4.69) is 29.9 Å². The lowest BCUT2D eigenvalue weighted by Gasteiger charge is -2.06. The Morgan fingerprint density at radius 1 is 1.00 bits per heavy atom. The van der Waals surface area contributed by atoms with Crippen molar-refractivity contribution < 1.29 is 0 Å². The monoisotopic (exact) mass is 184 g/mol. The number of pyridine rings is 2. The van der Waals surface area contributed by atoms with Crippen molar-refractivity contribution in [1.82, 2.24) is 9.97 Å². The minimum absolute atomic E-state index is 1.05. The third-order valence-corrected chi connectivity index (χ3v) is 2.28. The predicted octanol–water partition coefficient (Wildman–Crippen LogP) is 2.76. The fraction of sp³-hybridized carbons (Fsp3) is 0.167. The molecule has 70 valence electrons. The van der Waals surface area contributed by atoms with Gasteiger partial charge in [-0.1, -0.05) is 6.07 Å². The number of hydrogen-bond donors (Lipinski definition) is 0. The van der Waals surface area contributed by atoms with Gasteiger partial charge in [0, 0.05) is 24.2 Å². The zero-order valence-corrected chi connectivity index (χ0v) is 8.36. The third-order valence-electron chi connectivity index (χ3n) is 2.28. The molecule has 0 aliphatic carbocycles. The second kappa shape index (κ2) is 3.58. The minimum atomic E-state index is 1.05. The van der Waals surface area contributed by atoms with Crippen LogP contribution in [-0.4, -0.2) is 9.97 Å². The number of aryl methyl sites for hydroxylation is 2. The summed E-state index contributed by atoms with van der Waals surface area (Å²) in [5, 5.41) is 0. The molecule has 2 aromatic rings. The molecule has 0 unspecified atom stereocenters. The van der Waals surface area contributed by atoms with Gasteiger partial charge in [-0.15, -0.1) is 0 Å². The zero-order chi connectivity index (χ0) is 9.97. The van der Waals surface area contributed by atoms with Gasteiger partial charge in [0.2, 0.25) is 0 Å². The molecule has 0 radical (unpaired) electrons. The highest BCUT2D eigenvalue weighted by Crippen LogP contribution is 2.22. The van der Waals surface area contributed by atoms with Crippen LogP contribution in [0.3, 0.4) is 0 Å². The lowest BCUT2D eigenvalue weighted by atomic mass is 10.0. The van der Waals surface area contributed by atoms with Crippen LogP contribution in [0.1, 0.15) is 11.1 Å². The van der Waals surface area contributed by atoms with Gasteiger partial charge in [-0.05, 0) is 37.1 Å². The highest BCUT2D eigenvalue weighted by Gasteiger charge is 2.04. The highest BCUT2D eigenvalue weighted by atomic mass is 14.7. The van der Waals surface area contributed by atoms with Crippen LogP contribution in [0.2, 0.25) is 0 Å². The third kappa shape index (κ3) is 1.51. The van der Waals surface area contributed by atoms with Gasteiger partial charge in [-0.2, -0.15) is 0 Å². The van der Waals surface area contributed by atoms with Gasteiger partial charge in [-0.3, -0.25) is 9.97 Å². The Morgan fingerprint density at radius 3 is 2.57 bits per heavy atom. The summed E-state index contributed by atoms with van der Waals surface area (Å²) in [7, 11) is 0. The molecule has 0 aliphatic heterocycles. The van der Waals surface area contributed by atoms with Gasteiger partial charge < -0.3 is 0 Å². The Kier molecular flexibility index (Phi) is 2.27. The maximum Gasteiger partial charge on any atom is 0.0734 e. The normalized spacial score (nSPS) is 10.1. The van der Waals surface area contributed by atoms with Gasteiger partial charge in [0.25, 0.3) is 0 Å². The Labute approximate surface area is 83.7 Å². The molecule has 0 bridgehead atoms. The minimum Gasteiger partial charge on any atom is -0.264 e. The van der Waals surface area contributed by atoms with Crippen LogP contribution in [0.5, 0.6) is 0 Å². The quantitative estimate of drug-likeness (QED) is 0.681. The molecule has 0 atom stereocenters. The molecule has 0 aromatic carbocycles. The Morgan fingerprint density at radius 2 is 1.86 bits per heavy atom. The molecule has 0 amide bonds. The van der Waals surface area contributed by atoms with E-state index in [0.29, 0.717) is 0 Å². The van der Waals surface area contributed by atoms with E-state index in [1.165, 1.54) is 5.56 Å². The lowest BCUT2D eigenvalue weighted by molar-refractivity contribution is 1.22. The second-order valence-electron chi connectivity index (χ2n) is 3.36. The first-order chi connectivity index (χ1) is 6.79. The summed E-state index contributed by atoms with van der Waals surface area (Å²) in [6.07, 6.45) is 5.49. The maximum atomic E-state index is 4.38. The average molecular weight is 184 g/mol. The molecule has 2 nitrogen and oxygen atoms in total. The molecule has 14 heavy (non-hydrogen) atoms. The van der Waals surface area contributed by atoms with E-state index in [1.54, 1.807) is 6.20 Å². The summed E-state index contributed by atoms with van der Waals surface area (Å²) in [4.78, 5) is 8.45. The highest BCUT2D eigenvalue weighted by molar-refractivity contribution is 5.65. The van der Waals surface area contributed by atoms with Crippen molar-refractivity contribution in [2.24, 2.45) is 0 Å². The first-order valence-electron chi connectivity index (χ1n) is 4.61. The van der Waals surface area contributed by atoms with E-state index in [0.717, 1.165) is 16.8 Å². The summed E-state index contributed by atoms with van der Waals surface area (Å²) in [6.45, 7) is 4.12. The van der Waals surface area contributed by atoms with Crippen molar-refractivity contribution in [3.05, 3.63) is 47.9 Å². The topological polar surface area (TPSA) is 25.8 Å². The first-order valence-corrected chi connectivity index (χ1v) is 4.61. The van der Waals surface area contributed by atoms with E-state index in [4.69, 9.17) is 0 Å². The van der Waals surface area contributed by atoms with Crippen LogP contribution < -0.4 is 0 Å². The molecule has 0 fully saturated rings. The van der Waals surface area contributed by atoms with E-state index >= 15 is 0 Å². The van der Waals surface area contributed by atoms with Crippen molar-refractivity contribution in [1.29, 1.82) is 0 Å². The molecule has 0 saturated heterocycles. The molecular formula is C12H12N2. The van der Waals surface area contributed by atoms with Crippen LogP contribution >= 0.6 is 0 Å². The standard InChI is InChI=1S/C12H12N2/c1-9-4-3-6-14-12(9)11-5-7-13-8-10(11)2/h3-8H,1-2H3. The molecule has 0 aliphatic rings. The van der Waals surface area contributed by atoms with Gasteiger partial charge >= 0.3 is 0 Å². The van der Waals surface area contributed by atoms with Crippen LogP contribution in [-0.2, 0) is 0 Å². The lowest BCUT2D eigenvalue weighted by Crippen LogP contribution is -1.90. The van der Waals surface area contributed by atoms with Crippen molar-refractivity contribution in [2.75, 3.05) is 0 Å². The van der Waals surface area contributed by atoms with Crippen molar-refractivity contribution in [2.45, 2.75) is 13.8 Å². The molecule has 2 heteroatoms. The molecular weight excluding hydrogens is 172 g/mol. The smallest absolute Gasteiger partial charge is 0.0734 e. The molecule has 2 rings (SSSR count). The van der Waals surface area contributed by atoms with Crippen LogP contribution in [0, 0.1) is 13.8 Å². The molecule has 2 aromatic heterocycles. The van der Waals surface area contributed by atoms with E-state index in [1.807, 2.05) is 24.5 Å². The fourth-order valence-electron chi connectivity index (χ4n) is 1.51. The van der Waals surface area contributed by atoms with Gasteiger partial charge in [0.1, 0.15) is 0 Å². The SMILES string of the molecule is Cc1cnccc1-c1ncccc1C. The predicted molar refractivity (Wildman–Crippen MR) is 56.9 cm³/mol. The Bertz CT molecular complexity index is 406. The van der Waals surface area contributed by atoms with E-state index in [-0.39, 0.29) is 0 Å². The molecule has 0 spiro atoms. The largest absolute Gasteiger partial charge is 0.264 e. The van der Waals surface area contributed by atoms with Crippen LogP contribution in [0.25, 0.3) is 11.3 Å². The molecule has 0 saturated carbocycles. The number of nitrogens with zero attached hydrogens (tertiary/aromatic N) is 2. The van der Waals surface area contributed by atoms with Gasteiger partial charge in [-0.25, -0.2) is 0 Å². The first kappa shape index (κ1) is 8.88. The number of aromatic nitrogens is 2. The van der Waals surface area contributed by atoms with E-state index in [9.17, 15) is 0 Å². The number of rotatable bonds is 1. The van der Waals surface area contributed by atoms with Crippen LogP contribution in [0.4, 0.5) is 0 Å². The summed E-state index contributed by atoms with van der Waals surface area (Å²) in [6, 6.07) is 6.03. The van der Waals surface area contributed by atoms with Crippen LogP contribution in [0.15, 0.2) is 36.8 Å². The molecule has 0 N–H and O–H groups in total. The van der Waals surface area contributed by atoms with Crippen molar-refractivity contribution in [3.8, 4) is 11.3 Å². The van der Waals surface area contributed by atoms with E-state index < -0.39 is 0 Å². The van der Waals surface area contributed by atoms with Gasteiger partial charge in [0.15, 0.2) is 0 Å². The van der Waals surface area contributed by atoms with Crippen molar-refractivity contribution in [3.63, 3.8) is 0 Å². The molecule has 2 heterocycles. The average Bonchev–Trinajstić information content (AvgIpc) is 2.20. The fourth-order valence-corrected chi connectivity index (χ4v) is 1.51. The maximum absolute atomic E-state index is 4.38. The Hall–Kier alpha value is -1.70. The summed E-state index contributed by atoms with van der Waals surface area (Å²) < 4.78 is 0. The summed E-state index contributed by atoms with van der Waals surface area (Å²) >= 11 is 0. The summed E-state index contributed by atoms with van der Waals surface area (Å²) in [5.41, 5.74) is 4.57. The zero-order valence-electron chi connectivity index (χ0n) is 8.36. The van der Waals surface area contributed by atoms with Crippen molar-refractivity contribution >= 4 is 0 Å². The second-order valence-corrected chi connectivity index (χ2v) is 3.36.